The second kappa shape index (κ2) is 8.99. The Morgan fingerprint density at radius 1 is 1.21 bits per heavy atom. The van der Waals surface area contributed by atoms with Crippen molar-refractivity contribution in [3.63, 3.8) is 0 Å². The minimum atomic E-state index is -0.968. The van der Waals surface area contributed by atoms with Gasteiger partial charge in [-0.25, -0.2) is 0 Å². The van der Waals surface area contributed by atoms with Crippen molar-refractivity contribution in [3.05, 3.63) is 29.8 Å². The Hall–Kier alpha value is -2.45. The van der Waals surface area contributed by atoms with Crippen LogP contribution >= 0.6 is 0 Å². The Bertz CT molecular complexity index is 599. The number of hydrogen-bond donors (Lipinski definition) is 4. The number of nitrogens with one attached hydrogen (secondary N) is 3. The number of aliphatic carboxylic acids is 1. The summed E-state index contributed by atoms with van der Waals surface area (Å²) in [5.74, 6) is -1.46. The van der Waals surface area contributed by atoms with Crippen molar-refractivity contribution >= 4 is 23.5 Å². The molecule has 0 atom stereocenters. The molecule has 0 radical (unpaired) electrons. The first-order valence-corrected chi connectivity index (χ1v) is 7.87. The highest BCUT2D eigenvalue weighted by Gasteiger charge is 2.14. The molecule has 130 valence electrons. The molecule has 1 aromatic rings. The number of nitrogens with zero attached hydrogens (tertiary/aromatic N) is 1. The van der Waals surface area contributed by atoms with E-state index in [0.717, 1.165) is 26.2 Å². The van der Waals surface area contributed by atoms with E-state index >= 15 is 0 Å². The van der Waals surface area contributed by atoms with Crippen LogP contribution < -0.4 is 16.0 Å². The van der Waals surface area contributed by atoms with Gasteiger partial charge in [0, 0.05) is 44.0 Å². The van der Waals surface area contributed by atoms with Crippen LogP contribution in [0.4, 0.5) is 5.69 Å². The normalized spacial score (nSPS) is 14.8. The Balaban J connectivity index is 1.85. The van der Waals surface area contributed by atoms with Crippen molar-refractivity contribution in [2.24, 2.45) is 0 Å². The van der Waals surface area contributed by atoms with Crippen molar-refractivity contribution in [3.8, 4) is 0 Å². The molecule has 1 aliphatic rings. The second-order valence-corrected chi connectivity index (χ2v) is 5.55. The Labute approximate surface area is 140 Å². The monoisotopic (exact) mass is 334 g/mol. The molecule has 0 saturated carbocycles. The van der Waals surface area contributed by atoms with Crippen LogP contribution in [0.1, 0.15) is 16.8 Å². The third-order valence-electron chi connectivity index (χ3n) is 3.61. The molecule has 8 nitrogen and oxygen atoms in total. The van der Waals surface area contributed by atoms with Crippen LogP contribution in [0.3, 0.4) is 0 Å². The SMILES string of the molecule is O=C(O)CCNC(=O)c1cccc(NC(=O)CN2CCNCC2)c1. The average molecular weight is 334 g/mol. The molecule has 1 aromatic carbocycles. The molecular formula is C16H22N4O4. The summed E-state index contributed by atoms with van der Waals surface area (Å²) in [4.78, 5) is 36.5. The highest BCUT2D eigenvalue weighted by atomic mass is 16.4. The summed E-state index contributed by atoms with van der Waals surface area (Å²) in [7, 11) is 0. The predicted octanol–water partition coefficient (Wildman–Crippen LogP) is -0.265. The zero-order valence-corrected chi connectivity index (χ0v) is 13.4. The van der Waals surface area contributed by atoms with Gasteiger partial charge in [-0.05, 0) is 18.2 Å². The van der Waals surface area contributed by atoms with Crippen molar-refractivity contribution in [1.82, 2.24) is 15.5 Å². The van der Waals surface area contributed by atoms with Crippen molar-refractivity contribution in [2.45, 2.75) is 6.42 Å². The van der Waals surface area contributed by atoms with E-state index in [-0.39, 0.29) is 24.8 Å². The number of carbonyl (C=O) groups is 3. The van der Waals surface area contributed by atoms with Crippen LogP contribution in [-0.4, -0.2) is 67.1 Å². The second-order valence-electron chi connectivity index (χ2n) is 5.55. The zero-order valence-electron chi connectivity index (χ0n) is 13.4. The maximum absolute atomic E-state index is 12.1. The molecule has 1 heterocycles. The topological polar surface area (TPSA) is 111 Å². The van der Waals surface area contributed by atoms with Gasteiger partial charge in [-0.3, -0.25) is 19.3 Å². The summed E-state index contributed by atoms with van der Waals surface area (Å²) in [5.41, 5.74) is 0.918. The summed E-state index contributed by atoms with van der Waals surface area (Å²) >= 11 is 0. The molecule has 1 aliphatic heterocycles. The number of piperazine rings is 1. The number of hydrogen-bond acceptors (Lipinski definition) is 5. The van der Waals surface area contributed by atoms with Crippen LogP contribution in [0.2, 0.25) is 0 Å². The third kappa shape index (κ3) is 5.98. The zero-order chi connectivity index (χ0) is 17.4. The van der Waals surface area contributed by atoms with E-state index in [4.69, 9.17) is 5.11 Å². The van der Waals surface area contributed by atoms with E-state index in [0.29, 0.717) is 17.8 Å². The lowest BCUT2D eigenvalue weighted by Crippen LogP contribution is -2.46. The molecule has 24 heavy (non-hydrogen) atoms. The molecule has 0 aromatic heterocycles. The van der Waals surface area contributed by atoms with Crippen LogP contribution in [0.25, 0.3) is 0 Å². The van der Waals surface area contributed by atoms with E-state index < -0.39 is 5.97 Å². The Morgan fingerprint density at radius 3 is 2.67 bits per heavy atom. The molecular weight excluding hydrogens is 312 g/mol. The van der Waals surface area contributed by atoms with Gasteiger partial charge in [-0.15, -0.1) is 0 Å². The van der Waals surface area contributed by atoms with Gasteiger partial charge in [0.05, 0.1) is 13.0 Å². The summed E-state index contributed by atoms with van der Waals surface area (Å²) in [5, 5.41) is 17.1. The van der Waals surface area contributed by atoms with E-state index in [1.54, 1.807) is 24.3 Å². The maximum Gasteiger partial charge on any atom is 0.305 e. The minimum Gasteiger partial charge on any atom is -0.481 e. The van der Waals surface area contributed by atoms with Gasteiger partial charge < -0.3 is 21.1 Å². The lowest BCUT2D eigenvalue weighted by atomic mass is 10.2. The van der Waals surface area contributed by atoms with Crippen LogP contribution in [0.5, 0.6) is 0 Å². The van der Waals surface area contributed by atoms with Gasteiger partial charge in [-0.1, -0.05) is 6.07 Å². The number of amides is 2. The van der Waals surface area contributed by atoms with Crippen molar-refractivity contribution in [2.75, 3.05) is 44.6 Å². The highest BCUT2D eigenvalue weighted by molar-refractivity contribution is 5.97. The Morgan fingerprint density at radius 2 is 1.96 bits per heavy atom. The number of anilines is 1. The lowest BCUT2D eigenvalue weighted by Gasteiger charge is -2.26. The fraction of sp³-hybridized carbons (Fsp3) is 0.438. The fourth-order valence-corrected chi connectivity index (χ4v) is 2.40. The molecule has 0 spiro atoms. The van der Waals surface area contributed by atoms with E-state index in [1.165, 1.54) is 0 Å². The summed E-state index contributed by atoms with van der Waals surface area (Å²) in [6, 6.07) is 6.57. The molecule has 0 aliphatic carbocycles. The molecule has 0 bridgehead atoms. The van der Waals surface area contributed by atoms with Gasteiger partial charge in [0.15, 0.2) is 0 Å². The van der Waals surface area contributed by atoms with Gasteiger partial charge in [0.25, 0.3) is 5.91 Å². The number of carboxylic acids is 1. The molecule has 8 heteroatoms. The first-order valence-electron chi connectivity index (χ1n) is 7.87. The van der Waals surface area contributed by atoms with Crippen molar-refractivity contribution < 1.29 is 19.5 Å². The minimum absolute atomic E-state index is 0.0632. The number of carbonyl (C=O) groups excluding carboxylic acids is 2. The summed E-state index contributed by atoms with van der Waals surface area (Å²) in [6.07, 6.45) is -0.132. The van der Waals surface area contributed by atoms with Crippen LogP contribution in [0.15, 0.2) is 24.3 Å². The van der Waals surface area contributed by atoms with E-state index in [9.17, 15) is 14.4 Å². The molecule has 1 saturated heterocycles. The van der Waals surface area contributed by atoms with Crippen LogP contribution in [-0.2, 0) is 9.59 Å². The molecule has 0 unspecified atom stereocenters. The largest absolute Gasteiger partial charge is 0.481 e. The quantitative estimate of drug-likeness (QED) is 0.547. The molecule has 1 fully saturated rings. The third-order valence-corrected chi connectivity index (χ3v) is 3.61. The van der Waals surface area contributed by atoms with Crippen molar-refractivity contribution in [1.29, 1.82) is 0 Å². The fourth-order valence-electron chi connectivity index (χ4n) is 2.40. The number of carboxylic acid groups (broad SMARTS) is 1. The highest BCUT2D eigenvalue weighted by Crippen LogP contribution is 2.11. The first-order chi connectivity index (χ1) is 11.5. The number of benzene rings is 1. The van der Waals surface area contributed by atoms with E-state index in [2.05, 4.69) is 20.9 Å². The lowest BCUT2D eigenvalue weighted by molar-refractivity contribution is -0.136. The predicted molar refractivity (Wildman–Crippen MR) is 89.0 cm³/mol. The maximum atomic E-state index is 12.1. The Kier molecular flexibility index (Phi) is 6.71. The standard InChI is InChI=1S/C16H22N4O4/c21-14(11-20-8-6-17-7-9-20)19-13-3-1-2-12(10-13)16(24)18-5-4-15(22)23/h1-3,10,17H,4-9,11H2,(H,18,24)(H,19,21)(H,22,23). The molecule has 4 N–H and O–H groups in total. The van der Waals surface area contributed by atoms with Gasteiger partial charge in [-0.2, -0.15) is 0 Å². The number of rotatable bonds is 7. The van der Waals surface area contributed by atoms with Gasteiger partial charge >= 0.3 is 5.97 Å². The molecule has 2 rings (SSSR count). The average Bonchev–Trinajstić information content (AvgIpc) is 2.55. The summed E-state index contributed by atoms with van der Waals surface area (Å²) < 4.78 is 0. The first kappa shape index (κ1) is 17.9. The van der Waals surface area contributed by atoms with E-state index in [1.807, 2.05) is 0 Å². The van der Waals surface area contributed by atoms with Gasteiger partial charge in [0.1, 0.15) is 0 Å². The molecule has 2 amide bonds. The van der Waals surface area contributed by atoms with Crippen LogP contribution in [0, 0.1) is 0 Å². The summed E-state index contributed by atoms with van der Waals surface area (Å²) in [6.45, 7) is 3.79. The van der Waals surface area contributed by atoms with Gasteiger partial charge in [0.2, 0.25) is 5.91 Å². The smallest absolute Gasteiger partial charge is 0.305 e.